The molecule has 0 saturated carbocycles. The zero-order valence-corrected chi connectivity index (χ0v) is 21.6. The van der Waals surface area contributed by atoms with Crippen LogP contribution in [0.3, 0.4) is 0 Å². The van der Waals surface area contributed by atoms with Gasteiger partial charge in [-0.25, -0.2) is 4.79 Å². The van der Waals surface area contributed by atoms with Crippen LogP contribution in [0.2, 0.25) is 0 Å². The van der Waals surface area contributed by atoms with E-state index >= 15 is 0 Å². The Hall–Kier alpha value is -3.14. The van der Waals surface area contributed by atoms with E-state index in [2.05, 4.69) is 10.6 Å². The Kier molecular flexibility index (Phi) is 11.7. The van der Waals surface area contributed by atoms with Crippen molar-refractivity contribution in [3.63, 3.8) is 0 Å². The Morgan fingerprint density at radius 3 is 2.14 bits per heavy atom. The van der Waals surface area contributed by atoms with Gasteiger partial charge in [-0.2, -0.15) is 0 Å². The van der Waals surface area contributed by atoms with Crippen molar-refractivity contribution in [2.45, 2.75) is 84.5 Å². The summed E-state index contributed by atoms with van der Waals surface area (Å²) in [4.78, 5) is 52.0. The van der Waals surface area contributed by atoms with Gasteiger partial charge in [0, 0.05) is 19.0 Å². The maximum atomic E-state index is 13.7. The Morgan fingerprint density at radius 1 is 1.09 bits per heavy atom. The van der Waals surface area contributed by atoms with Crippen molar-refractivity contribution >= 4 is 23.8 Å². The topological polar surface area (TPSA) is 151 Å². The number of benzene rings is 1. The van der Waals surface area contributed by atoms with Crippen molar-refractivity contribution < 1.29 is 29.0 Å². The lowest BCUT2D eigenvalue weighted by atomic mass is 9.99. The predicted octanol–water partition coefficient (Wildman–Crippen LogP) is 1.79. The molecule has 5 N–H and O–H groups in total. The van der Waals surface area contributed by atoms with Crippen molar-refractivity contribution in [3.05, 3.63) is 35.4 Å². The number of aliphatic hydroxyl groups excluding tert-OH is 1. The molecule has 0 aliphatic rings. The summed E-state index contributed by atoms with van der Waals surface area (Å²) in [5.74, 6) is -1.72. The lowest BCUT2D eigenvalue weighted by Crippen LogP contribution is -2.54. The van der Waals surface area contributed by atoms with E-state index in [-0.39, 0.29) is 25.4 Å². The number of carbonyl (C=O) groups is 4. The first-order valence-electron chi connectivity index (χ1n) is 11.9. The first-order chi connectivity index (χ1) is 16.3. The molecular formula is C25H40N4O6. The SMILES string of the molecule is CCc1ccc(C(C(=O)NC(C)C)N(CCO)C(=O)C(CCC(N)=O)NC(=O)OC(C)(C)C)cc1. The third-order valence-corrected chi connectivity index (χ3v) is 4.99. The molecule has 1 aromatic rings. The van der Waals surface area contributed by atoms with E-state index in [1.165, 1.54) is 4.90 Å². The first kappa shape index (κ1) is 29.9. The molecule has 4 amide bonds. The van der Waals surface area contributed by atoms with E-state index in [4.69, 9.17) is 10.5 Å². The summed E-state index contributed by atoms with van der Waals surface area (Å²) >= 11 is 0. The quantitative estimate of drug-likeness (QED) is 0.349. The van der Waals surface area contributed by atoms with Crippen LogP contribution < -0.4 is 16.4 Å². The second kappa shape index (κ2) is 13.7. The van der Waals surface area contributed by atoms with Gasteiger partial charge in [-0.15, -0.1) is 0 Å². The summed E-state index contributed by atoms with van der Waals surface area (Å²) in [7, 11) is 0. The van der Waals surface area contributed by atoms with Crippen LogP contribution >= 0.6 is 0 Å². The molecule has 0 aliphatic carbocycles. The van der Waals surface area contributed by atoms with Crippen LogP contribution in [0.1, 0.15) is 71.6 Å². The number of nitrogens with one attached hydrogen (secondary N) is 2. The van der Waals surface area contributed by atoms with Gasteiger partial charge in [-0.3, -0.25) is 14.4 Å². The van der Waals surface area contributed by atoms with Gasteiger partial charge in [-0.05, 0) is 58.6 Å². The van der Waals surface area contributed by atoms with E-state index in [0.717, 1.165) is 12.0 Å². The molecule has 0 bridgehead atoms. The fourth-order valence-electron chi connectivity index (χ4n) is 3.44. The Balaban J connectivity index is 3.42. The van der Waals surface area contributed by atoms with Crippen molar-refractivity contribution in [1.29, 1.82) is 0 Å². The highest BCUT2D eigenvalue weighted by Crippen LogP contribution is 2.24. The van der Waals surface area contributed by atoms with Gasteiger partial charge < -0.3 is 31.1 Å². The highest BCUT2D eigenvalue weighted by molar-refractivity contribution is 5.92. The molecule has 0 radical (unpaired) electrons. The number of primary amides is 1. The summed E-state index contributed by atoms with van der Waals surface area (Å²) in [5.41, 5.74) is 6.07. The van der Waals surface area contributed by atoms with Gasteiger partial charge in [0.05, 0.1) is 6.61 Å². The smallest absolute Gasteiger partial charge is 0.408 e. The monoisotopic (exact) mass is 492 g/mol. The Morgan fingerprint density at radius 2 is 1.69 bits per heavy atom. The number of nitrogens with zero attached hydrogens (tertiary/aromatic N) is 1. The zero-order valence-electron chi connectivity index (χ0n) is 21.6. The molecule has 0 fully saturated rings. The minimum atomic E-state index is -1.20. The van der Waals surface area contributed by atoms with Gasteiger partial charge in [-0.1, -0.05) is 31.2 Å². The number of nitrogens with two attached hydrogens (primary N) is 1. The average molecular weight is 493 g/mol. The van der Waals surface area contributed by atoms with Gasteiger partial charge in [0.25, 0.3) is 0 Å². The molecule has 10 nitrogen and oxygen atoms in total. The molecule has 0 spiro atoms. The van der Waals surface area contributed by atoms with Crippen molar-refractivity contribution in [1.82, 2.24) is 15.5 Å². The normalized spacial score (nSPS) is 13.0. The molecule has 196 valence electrons. The number of aryl methyl sites for hydroxylation is 1. The number of hydrogen-bond acceptors (Lipinski definition) is 6. The highest BCUT2D eigenvalue weighted by Gasteiger charge is 2.36. The maximum absolute atomic E-state index is 13.7. The second-order valence-corrected chi connectivity index (χ2v) is 9.62. The van der Waals surface area contributed by atoms with E-state index in [0.29, 0.717) is 5.56 Å². The maximum Gasteiger partial charge on any atom is 0.408 e. The number of amides is 4. The molecule has 10 heteroatoms. The Labute approximate surface area is 207 Å². The molecule has 0 aromatic heterocycles. The van der Waals surface area contributed by atoms with Crippen molar-refractivity contribution in [2.24, 2.45) is 5.73 Å². The molecule has 1 rings (SSSR count). The molecule has 2 unspecified atom stereocenters. The molecule has 0 heterocycles. The largest absolute Gasteiger partial charge is 0.444 e. The van der Waals surface area contributed by atoms with Crippen LogP contribution in [0.5, 0.6) is 0 Å². The van der Waals surface area contributed by atoms with Gasteiger partial charge >= 0.3 is 6.09 Å². The van der Waals surface area contributed by atoms with Crippen LogP contribution in [0.15, 0.2) is 24.3 Å². The molecule has 35 heavy (non-hydrogen) atoms. The lowest BCUT2D eigenvalue weighted by Gasteiger charge is -2.34. The van der Waals surface area contributed by atoms with E-state index in [1.807, 2.05) is 19.1 Å². The number of carbonyl (C=O) groups excluding carboxylic acids is 4. The summed E-state index contributed by atoms with van der Waals surface area (Å²) in [6.07, 6.45) is -0.312. The number of rotatable bonds is 12. The average Bonchev–Trinajstić information content (AvgIpc) is 2.74. The molecular weight excluding hydrogens is 452 g/mol. The molecule has 1 aromatic carbocycles. The lowest BCUT2D eigenvalue weighted by molar-refractivity contribution is -0.143. The summed E-state index contributed by atoms with van der Waals surface area (Å²) < 4.78 is 5.27. The van der Waals surface area contributed by atoms with E-state index in [1.54, 1.807) is 46.8 Å². The van der Waals surface area contributed by atoms with Crippen LogP contribution in [0.25, 0.3) is 0 Å². The van der Waals surface area contributed by atoms with Crippen LogP contribution in [-0.2, 0) is 25.5 Å². The van der Waals surface area contributed by atoms with E-state index in [9.17, 15) is 24.3 Å². The summed E-state index contributed by atoms with van der Waals surface area (Å²) in [5, 5.41) is 15.1. The molecule has 0 aliphatic heterocycles. The predicted molar refractivity (Wildman–Crippen MR) is 132 cm³/mol. The fourth-order valence-corrected chi connectivity index (χ4v) is 3.44. The first-order valence-corrected chi connectivity index (χ1v) is 11.9. The molecule has 2 atom stereocenters. The third-order valence-electron chi connectivity index (χ3n) is 4.99. The van der Waals surface area contributed by atoms with Gasteiger partial charge in [0.1, 0.15) is 17.7 Å². The minimum absolute atomic E-state index is 0.0946. The summed E-state index contributed by atoms with van der Waals surface area (Å²) in [6.45, 7) is 10.0. The van der Waals surface area contributed by atoms with Crippen LogP contribution in [0.4, 0.5) is 4.79 Å². The van der Waals surface area contributed by atoms with Gasteiger partial charge in [0.15, 0.2) is 0 Å². The number of alkyl carbamates (subject to hydrolysis) is 1. The number of hydrogen-bond donors (Lipinski definition) is 4. The molecule has 0 saturated heterocycles. The number of aliphatic hydroxyl groups is 1. The van der Waals surface area contributed by atoms with Gasteiger partial charge in [0.2, 0.25) is 17.7 Å². The minimum Gasteiger partial charge on any atom is -0.444 e. The summed E-state index contributed by atoms with van der Waals surface area (Å²) in [6, 6.07) is 4.80. The Bertz CT molecular complexity index is 864. The van der Waals surface area contributed by atoms with E-state index < -0.39 is 48.1 Å². The highest BCUT2D eigenvalue weighted by atomic mass is 16.6. The fraction of sp³-hybridized carbons (Fsp3) is 0.600. The second-order valence-electron chi connectivity index (χ2n) is 9.62. The zero-order chi connectivity index (χ0) is 26.8. The van der Waals surface area contributed by atoms with Crippen molar-refractivity contribution in [2.75, 3.05) is 13.2 Å². The number of ether oxygens (including phenoxy) is 1. The van der Waals surface area contributed by atoms with Crippen molar-refractivity contribution in [3.8, 4) is 0 Å². The van der Waals surface area contributed by atoms with Crippen LogP contribution in [0, 0.1) is 0 Å². The van der Waals surface area contributed by atoms with Crippen LogP contribution in [-0.4, -0.2) is 64.7 Å². The third kappa shape index (κ3) is 10.3. The standard InChI is InChI=1S/C25H40N4O6/c1-7-17-8-10-18(11-9-17)21(22(32)27-16(2)3)29(14-15-30)23(33)19(12-13-20(26)31)28-24(34)35-25(4,5)6/h8-11,16,19,21,30H,7,12-15H2,1-6H3,(H2,26,31)(H,27,32)(H,28,34).